The van der Waals surface area contributed by atoms with Crippen LogP contribution in [0.25, 0.3) is 0 Å². The quantitative estimate of drug-likeness (QED) is 0.887. The number of pyridine rings is 1. The number of phenolic OH excluding ortho intramolecular Hbond substituents is 1. The van der Waals surface area contributed by atoms with Crippen LogP contribution in [-0.4, -0.2) is 16.0 Å². The van der Waals surface area contributed by atoms with Gasteiger partial charge in [-0.05, 0) is 38.1 Å². The van der Waals surface area contributed by atoms with E-state index in [1.807, 2.05) is 32.0 Å². The highest BCUT2D eigenvalue weighted by Gasteiger charge is 2.15. The molecule has 1 amide bonds. The van der Waals surface area contributed by atoms with E-state index in [1.165, 1.54) is 6.07 Å². The second-order valence-corrected chi connectivity index (χ2v) is 4.47. The maximum absolute atomic E-state index is 12.1. The molecule has 0 spiro atoms. The molecule has 0 aliphatic carbocycles. The first-order valence-electron chi connectivity index (χ1n) is 6.09. The first-order chi connectivity index (χ1) is 9.08. The molecular weight excluding hydrogens is 240 g/mol. The van der Waals surface area contributed by atoms with Crippen LogP contribution >= 0.6 is 0 Å². The Morgan fingerprint density at radius 1 is 1.32 bits per heavy atom. The number of aryl methyl sites for hydroxylation is 1. The standard InChI is InChI=1S/C15H16N2O2/c1-10-6-7-14(18)12(9-10)15(19)17-11(2)13-5-3-4-8-16-13/h3-9,11,18H,1-2H3,(H,17,19). The van der Waals surface area contributed by atoms with E-state index in [2.05, 4.69) is 10.3 Å². The molecular formula is C15H16N2O2. The molecule has 0 saturated heterocycles. The van der Waals surface area contributed by atoms with Gasteiger partial charge in [-0.1, -0.05) is 17.7 Å². The lowest BCUT2D eigenvalue weighted by Crippen LogP contribution is -2.27. The molecule has 1 aromatic carbocycles. The molecule has 2 N–H and O–H groups in total. The average molecular weight is 256 g/mol. The fourth-order valence-electron chi connectivity index (χ4n) is 1.81. The van der Waals surface area contributed by atoms with Gasteiger partial charge in [-0.25, -0.2) is 0 Å². The molecule has 2 rings (SSSR count). The summed E-state index contributed by atoms with van der Waals surface area (Å²) in [6, 6.07) is 10.3. The van der Waals surface area contributed by atoms with Gasteiger partial charge >= 0.3 is 0 Å². The first kappa shape index (κ1) is 13.1. The summed E-state index contributed by atoms with van der Waals surface area (Å²) in [5, 5.41) is 12.5. The van der Waals surface area contributed by atoms with E-state index in [-0.39, 0.29) is 23.3 Å². The Bertz CT molecular complexity index is 582. The maximum atomic E-state index is 12.1. The minimum absolute atomic E-state index is 0.0173. The molecule has 0 saturated carbocycles. The summed E-state index contributed by atoms with van der Waals surface area (Å²) < 4.78 is 0. The third kappa shape index (κ3) is 3.10. The number of carbonyl (C=O) groups excluding carboxylic acids is 1. The van der Waals surface area contributed by atoms with Crippen molar-refractivity contribution in [1.82, 2.24) is 10.3 Å². The third-order valence-electron chi connectivity index (χ3n) is 2.88. The smallest absolute Gasteiger partial charge is 0.255 e. The van der Waals surface area contributed by atoms with Crippen molar-refractivity contribution in [3.05, 3.63) is 59.4 Å². The lowest BCUT2D eigenvalue weighted by atomic mass is 10.1. The van der Waals surface area contributed by atoms with Gasteiger partial charge < -0.3 is 10.4 Å². The van der Waals surface area contributed by atoms with Gasteiger partial charge in [0.15, 0.2) is 0 Å². The van der Waals surface area contributed by atoms with Crippen molar-refractivity contribution in [3.63, 3.8) is 0 Å². The molecule has 98 valence electrons. The van der Waals surface area contributed by atoms with Gasteiger partial charge in [-0.3, -0.25) is 9.78 Å². The van der Waals surface area contributed by atoms with Gasteiger partial charge in [0.1, 0.15) is 5.75 Å². The fourth-order valence-corrected chi connectivity index (χ4v) is 1.81. The molecule has 1 aromatic heterocycles. The minimum Gasteiger partial charge on any atom is -0.507 e. The van der Waals surface area contributed by atoms with E-state index in [0.717, 1.165) is 11.3 Å². The van der Waals surface area contributed by atoms with Gasteiger partial charge in [-0.2, -0.15) is 0 Å². The molecule has 0 bridgehead atoms. The Kier molecular flexibility index (Phi) is 3.80. The summed E-state index contributed by atoms with van der Waals surface area (Å²) in [5.74, 6) is -0.323. The third-order valence-corrected chi connectivity index (χ3v) is 2.88. The van der Waals surface area contributed by atoms with Crippen molar-refractivity contribution in [3.8, 4) is 5.75 Å². The molecule has 1 unspecified atom stereocenters. The van der Waals surface area contributed by atoms with Crippen molar-refractivity contribution in [1.29, 1.82) is 0 Å². The number of rotatable bonds is 3. The van der Waals surface area contributed by atoms with Gasteiger partial charge in [0, 0.05) is 6.20 Å². The van der Waals surface area contributed by atoms with Crippen molar-refractivity contribution in [2.24, 2.45) is 0 Å². The van der Waals surface area contributed by atoms with Crippen LogP contribution in [0.1, 0.15) is 34.6 Å². The SMILES string of the molecule is Cc1ccc(O)c(C(=O)NC(C)c2ccccn2)c1. The van der Waals surface area contributed by atoms with E-state index in [9.17, 15) is 9.90 Å². The highest BCUT2D eigenvalue weighted by atomic mass is 16.3. The molecule has 0 radical (unpaired) electrons. The van der Waals surface area contributed by atoms with E-state index in [4.69, 9.17) is 0 Å². The van der Waals surface area contributed by atoms with E-state index in [0.29, 0.717) is 0 Å². The monoisotopic (exact) mass is 256 g/mol. The average Bonchev–Trinajstić information content (AvgIpc) is 2.42. The van der Waals surface area contributed by atoms with Gasteiger partial charge in [0.05, 0.1) is 17.3 Å². The largest absolute Gasteiger partial charge is 0.507 e. The van der Waals surface area contributed by atoms with Crippen molar-refractivity contribution in [2.75, 3.05) is 0 Å². The fraction of sp³-hybridized carbons (Fsp3) is 0.200. The van der Waals surface area contributed by atoms with Crippen LogP contribution in [0.5, 0.6) is 5.75 Å². The molecule has 1 atom stereocenters. The number of aromatic hydroxyl groups is 1. The predicted octanol–water partition coefficient (Wildman–Crippen LogP) is 2.59. The number of amides is 1. The molecule has 4 nitrogen and oxygen atoms in total. The van der Waals surface area contributed by atoms with Crippen LogP contribution in [0.15, 0.2) is 42.6 Å². The van der Waals surface area contributed by atoms with E-state index >= 15 is 0 Å². The number of nitrogens with zero attached hydrogens (tertiary/aromatic N) is 1. The zero-order valence-electron chi connectivity index (χ0n) is 10.9. The predicted molar refractivity (Wildman–Crippen MR) is 73.0 cm³/mol. The number of hydrogen-bond acceptors (Lipinski definition) is 3. The molecule has 4 heteroatoms. The van der Waals surface area contributed by atoms with Crippen LogP contribution in [-0.2, 0) is 0 Å². The van der Waals surface area contributed by atoms with Gasteiger partial charge in [-0.15, -0.1) is 0 Å². The van der Waals surface area contributed by atoms with Crippen molar-refractivity contribution in [2.45, 2.75) is 19.9 Å². The molecule has 0 aliphatic heterocycles. The highest BCUT2D eigenvalue weighted by molar-refractivity contribution is 5.97. The molecule has 2 aromatic rings. The van der Waals surface area contributed by atoms with Crippen molar-refractivity contribution < 1.29 is 9.90 Å². The summed E-state index contributed by atoms with van der Waals surface area (Å²) in [5.41, 5.74) is 1.99. The Morgan fingerprint density at radius 2 is 2.11 bits per heavy atom. The second kappa shape index (κ2) is 5.52. The lowest BCUT2D eigenvalue weighted by molar-refractivity contribution is 0.0936. The maximum Gasteiger partial charge on any atom is 0.255 e. The summed E-state index contributed by atoms with van der Waals surface area (Å²) in [6.07, 6.45) is 1.68. The topological polar surface area (TPSA) is 62.2 Å². The number of aromatic nitrogens is 1. The number of nitrogens with one attached hydrogen (secondary N) is 1. The molecule has 0 aliphatic rings. The van der Waals surface area contributed by atoms with Gasteiger partial charge in [0.2, 0.25) is 0 Å². The van der Waals surface area contributed by atoms with Gasteiger partial charge in [0.25, 0.3) is 5.91 Å². The lowest BCUT2D eigenvalue weighted by Gasteiger charge is -2.14. The Morgan fingerprint density at radius 3 is 2.79 bits per heavy atom. The number of phenols is 1. The summed E-state index contributed by atoms with van der Waals surface area (Å²) in [4.78, 5) is 16.3. The summed E-state index contributed by atoms with van der Waals surface area (Å²) in [7, 11) is 0. The number of benzene rings is 1. The van der Waals surface area contributed by atoms with Crippen LogP contribution in [0.3, 0.4) is 0 Å². The van der Waals surface area contributed by atoms with Crippen LogP contribution in [0.4, 0.5) is 0 Å². The Balaban J connectivity index is 2.15. The molecule has 0 fully saturated rings. The van der Waals surface area contributed by atoms with Crippen LogP contribution in [0, 0.1) is 6.92 Å². The Hall–Kier alpha value is -2.36. The minimum atomic E-state index is -0.306. The normalized spacial score (nSPS) is 11.9. The Labute approximate surface area is 112 Å². The number of carbonyl (C=O) groups is 1. The second-order valence-electron chi connectivity index (χ2n) is 4.47. The summed E-state index contributed by atoms with van der Waals surface area (Å²) >= 11 is 0. The van der Waals surface area contributed by atoms with Crippen molar-refractivity contribution >= 4 is 5.91 Å². The first-order valence-corrected chi connectivity index (χ1v) is 6.09. The van der Waals surface area contributed by atoms with E-state index < -0.39 is 0 Å². The number of hydrogen-bond donors (Lipinski definition) is 2. The molecule has 19 heavy (non-hydrogen) atoms. The van der Waals surface area contributed by atoms with Crippen LogP contribution < -0.4 is 5.32 Å². The van der Waals surface area contributed by atoms with E-state index in [1.54, 1.807) is 18.3 Å². The van der Waals surface area contributed by atoms with Crippen LogP contribution in [0.2, 0.25) is 0 Å². The molecule has 1 heterocycles. The zero-order valence-corrected chi connectivity index (χ0v) is 10.9. The summed E-state index contributed by atoms with van der Waals surface area (Å²) in [6.45, 7) is 3.73. The highest BCUT2D eigenvalue weighted by Crippen LogP contribution is 2.19. The zero-order chi connectivity index (χ0) is 13.8.